The minimum absolute atomic E-state index is 0.204. The van der Waals surface area contributed by atoms with Crippen molar-refractivity contribution in [3.8, 4) is 5.88 Å². The van der Waals surface area contributed by atoms with Crippen molar-refractivity contribution < 1.29 is 9.94 Å². The molecule has 0 bridgehead atoms. The predicted octanol–water partition coefficient (Wildman–Crippen LogP) is -0.211. The van der Waals surface area contributed by atoms with Gasteiger partial charge in [0.1, 0.15) is 5.69 Å². The number of rotatable bonds is 2. The molecule has 0 atom stereocenters. The van der Waals surface area contributed by atoms with Gasteiger partial charge < -0.3 is 4.74 Å². The fourth-order valence-corrected chi connectivity index (χ4v) is 0.620. The summed E-state index contributed by atoms with van der Waals surface area (Å²) in [5.74, 6) is 0.162. The van der Waals surface area contributed by atoms with Crippen LogP contribution in [0.3, 0.4) is 0 Å². The number of nitrogens with zero attached hydrogens (tertiary/aromatic N) is 2. The Labute approximate surface area is 68.7 Å². The van der Waals surface area contributed by atoms with Gasteiger partial charge in [-0.25, -0.2) is 0 Å². The van der Waals surface area contributed by atoms with E-state index in [1.165, 1.54) is 13.2 Å². The van der Waals surface area contributed by atoms with Crippen molar-refractivity contribution >= 4 is 5.84 Å². The molecule has 6 nitrogen and oxygen atoms in total. The van der Waals surface area contributed by atoms with Gasteiger partial charge in [0.05, 0.1) is 7.11 Å². The number of aromatic nitrogens is 2. The second-order valence-corrected chi connectivity index (χ2v) is 1.95. The van der Waals surface area contributed by atoms with Crippen LogP contribution in [0.5, 0.6) is 5.88 Å². The van der Waals surface area contributed by atoms with Crippen LogP contribution in [0.2, 0.25) is 0 Å². The number of nitrogens with one attached hydrogen (secondary N) is 2. The quantitative estimate of drug-likeness (QED) is 0.323. The molecule has 0 amide bonds. The Balaban J connectivity index is 2.84. The van der Waals surface area contributed by atoms with Crippen LogP contribution in [0.4, 0.5) is 0 Å². The van der Waals surface area contributed by atoms with Crippen molar-refractivity contribution in [3.63, 3.8) is 0 Å². The van der Waals surface area contributed by atoms with Gasteiger partial charge in [0.2, 0.25) is 5.88 Å². The van der Waals surface area contributed by atoms with Crippen LogP contribution < -0.4 is 10.2 Å². The molecule has 0 aliphatic heterocycles. The van der Waals surface area contributed by atoms with E-state index in [9.17, 15) is 0 Å². The first-order chi connectivity index (χ1) is 5.77. The second-order valence-electron chi connectivity index (χ2n) is 1.95. The minimum Gasteiger partial charge on any atom is -0.480 e. The lowest BCUT2D eigenvalue weighted by atomic mass is 10.4. The van der Waals surface area contributed by atoms with E-state index in [4.69, 9.17) is 15.4 Å². The molecular weight excluding hydrogens is 160 g/mol. The van der Waals surface area contributed by atoms with E-state index in [0.717, 1.165) is 0 Å². The molecule has 3 N–H and O–H groups in total. The van der Waals surface area contributed by atoms with Crippen LogP contribution in [0.1, 0.15) is 5.69 Å². The maximum Gasteiger partial charge on any atom is 0.233 e. The Kier molecular flexibility index (Phi) is 2.54. The van der Waals surface area contributed by atoms with Crippen molar-refractivity contribution in [2.75, 3.05) is 7.11 Å². The van der Waals surface area contributed by atoms with Gasteiger partial charge in [-0.1, -0.05) is 0 Å². The van der Waals surface area contributed by atoms with Gasteiger partial charge in [-0.2, -0.15) is 0 Å². The number of methoxy groups -OCH3 is 1. The summed E-state index contributed by atoms with van der Waals surface area (Å²) in [4.78, 5) is 0. The third-order valence-electron chi connectivity index (χ3n) is 1.22. The first kappa shape index (κ1) is 8.41. The van der Waals surface area contributed by atoms with E-state index in [-0.39, 0.29) is 11.5 Å². The Morgan fingerprint density at radius 3 is 2.75 bits per heavy atom. The summed E-state index contributed by atoms with van der Waals surface area (Å²) in [6.07, 6.45) is 0. The van der Waals surface area contributed by atoms with E-state index in [2.05, 4.69) is 10.2 Å². The smallest absolute Gasteiger partial charge is 0.233 e. The van der Waals surface area contributed by atoms with Gasteiger partial charge in [-0.15, -0.1) is 10.2 Å². The molecule has 0 spiro atoms. The van der Waals surface area contributed by atoms with Crippen molar-refractivity contribution in [2.24, 2.45) is 0 Å². The first-order valence-corrected chi connectivity index (χ1v) is 3.14. The topological polar surface area (TPSA) is 91.1 Å². The predicted molar refractivity (Wildman–Crippen MR) is 40.3 cm³/mol. The first-order valence-electron chi connectivity index (χ1n) is 3.14. The number of hydrogen-bond acceptors (Lipinski definition) is 5. The summed E-state index contributed by atoms with van der Waals surface area (Å²) >= 11 is 0. The molecule has 12 heavy (non-hydrogen) atoms. The highest BCUT2D eigenvalue weighted by atomic mass is 16.5. The van der Waals surface area contributed by atoms with Gasteiger partial charge in [0.15, 0.2) is 5.84 Å². The zero-order valence-electron chi connectivity index (χ0n) is 6.40. The SMILES string of the molecule is COc1ccc(C(=N)NO)nn1. The van der Waals surface area contributed by atoms with Crippen LogP contribution in [0.25, 0.3) is 0 Å². The Hall–Kier alpha value is -1.69. The molecule has 0 saturated carbocycles. The highest BCUT2D eigenvalue weighted by Crippen LogP contribution is 2.02. The van der Waals surface area contributed by atoms with Crippen LogP contribution >= 0.6 is 0 Å². The summed E-state index contributed by atoms with van der Waals surface area (Å²) in [7, 11) is 1.47. The molecule has 1 rings (SSSR count). The Bertz CT molecular complexity index is 271. The molecule has 0 radical (unpaired) electrons. The number of amidine groups is 1. The number of hydrogen-bond donors (Lipinski definition) is 3. The maximum atomic E-state index is 8.34. The monoisotopic (exact) mass is 168 g/mol. The van der Waals surface area contributed by atoms with E-state index in [1.54, 1.807) is 11.5 Å². The Morgan fingerprint density at radius 1 is 1.58 bits per heavy atom. The lowest BCUT2D eigenvalue weighted by molar-refractivity contribution is 0.233. The molecule has 0 unspecified atom stereocenters. The maximum absolute atomic E-state index is 8.34. The van der Waals surface area contributed by atoms with Crippen LogP contribution in [-0.4, -0.2) is 28.4 Å². The summed E-state index contributed by atoms with van der Waals surface area (Å²) in [6.45, 7) is 0. The molecule has 0 saturated heterocycles. The van der Waals surface area contributed by atoms with Crippen LogP contribution in [-0.2, 0) is 0 Å². The second kappa shape index (κ2) is 3.63. The molecule has 1 aromatic rings. The summed E-state index contributed by atoms with van der Waals surface area (Å²) in [5, 5.41) is 22.6. The minimum atomic E-state index is -0.204. The van der Waals surface area contributed by atoms with Crippen molar-refractivity contribution in [3.05, 3.63) is 17.8 Å². The van der Waals surface area contributed by atoms with Gasteiger partial charge in [-0.3, -0.25) is 16.1 Å². The van der Waals surface area contributed by atoms with E-state index >= 15 is 0 Å². The van der Waals surface area contributed by atoms with Crippen molar-refractivity contribution in [1.82, 2.24) is 15.7 Å². The van der Waals surface area contributed by atoms with Gasteiger partial charge in [0, 0.05) is 6.07 Å². The fourth-order valence-electron chi connectivity index (χ4n) is 0.620. The molecule has 1 aromatic heterocycles. The van der Waals surface area contributed by atoms with Gasteiger partial charge in [-0.05, 0) is 6.07 Å². The third-order valence-corrected chi connectivity index (χ3v) is 1.22. The molecule has 0 aromatic carbocycles. The molecule has 0 aliphatic rings. The lowest BCUT2D eigenvalue weighted by Crippen LogP contribution is -2.20. The molecule has 0 fully saturated rings. The van der Waals surface area contributed by atoms with E-state index < -0.39 is 0 Å². The largest absolute Gasteiger partial charge is 0.480 e. The standard InChI is InChI=1S/C6H8N4O2/c1-12-5-3-2-4(8-9-5)6(7)10-11/h2-3,11H,1H3,(H2,7,10). The van der Waals surface area contributed by atoms with E-state index in [0.29, 0.717) is 5.88 Å². The zero-order chi connectivity index (χ0) is 8.97. The average Bonchev–Trinajstić information content (AvgIpc) is 2.17. The summed E-state index contributed by atoms with van der Waals surface area (Å²) < 4.78 is 4.76. The summed E-state index contributed by atoms with van der Waals surface area (Å²) in [5.41, 5.74) is 1.91. The zero-order valence-corrected chi connectivity index (χ0v) is 6.40. The van der Waals surface area contributed by atoms with Gasteiger partial charge >= 0.3 is 0 Å². The molecular formula is C6H8N4O2. The van der Waals surface area contributed by atoms with Crippen LogP contribution in [0, 0.1) is 5.41 Å². The molecule has 0 aliphatic carbocycles. The normalized spacial score (nSPS) is 9.17. The lowest BCUT2D eigenvalue weighted by Gasteiger charge is -2.00. The van der Waals surface area contributed by atoms with Crippen LogP contribution in [0.15, 0.2) is 12.1 Å². The summed E-state index contributed by atoms with van der Waals surface area (Å²) in [6, 6.07) is 3.06. The van der Waals surface area contributed by atoms with E-state index in [1.807, 2.05) is 0 Å². The number of hydroxylamine groups is 1. The Morgan fingerprint density at radius 2 is 2.33 bits per heavy atom. The number of ether oxygens (including phenoxy) is 1. The molecule has 1 heterocycles. The van der Waals surface area contributed by atoms with Crippen molar-refractivity contribution in [1.29, 1.82) is 5.41 Å². The van der Waals surface area contributed by atoms with Gasteiger partial charge in [0.25, 0.3) is 0 Å². The third kappa shape index (κ3) is 1.67. The fraction of sp³-hybridized carbons (Fsp3) is 0.167. The highest BCUT2D eigenvalue weighted by molar-refractivity contribution is 5.93. The molecule has 64 valence electrons. The molecule has 6 heteroatoms. The highest BCUT2D eigenvalue weighted by Gasteiger charge is 2.01. The van der Waals surface area contributed by atoms with Crippen molar-refractivity contribution in [2.45, 2.75) is 0 Å². The average molecular weight is 168 g/mol.